The first-order valence-electron chi connectivity index (χ1n) is 2.47. The van der Waals surface area contributed by atoms with E-state index in [1.165, 1.54) is 6.92 Å². The highest BCUT2D eigenvalue weighted by molar-refractivity contribution is 5.93. The van der Waals surface area contributed by atoms with E-state index in [9.17, 15) is 9.59 Å². The predicted molar refractivity (Wildman–Crippen MR) is 32.2 cm³/mol. The van der Waals surface area contributed by atoms with E-state index in [0.29, 0.717) is 0 Å². The Hall–Kier alpha value is -0.940. The predicted octanol–water partition coefficient (Wildman–Crippen LogP) is -1.02. The SMILES string of the molecule is CC(=O)CC(=O)O.OCO. The Morgan fingerprint density at radius 1 is 1.30 bits per heavy atom. The molecule has 0 aliphatic heterocycles. The summed E-state index contributed by atoms with van der Waals surface area (Å²) in [6, 6.07) is 0. The Labute approximate surface area is 57.9 Å². The number of hydrogen-bond donors (Lipinski definition) is 3. The number of carboxylic acid groups (broad SMARTS) is 1. The lowest BCUT2D eigenvalue weighted by atomic mass is 10.3. The van der Waals surface area contributed by atoms with Gasteiger partial charge in [0.15, 0.2) is 0 Å². The second-order valence-electron chi connectivity index (χ2n) is 1.41. The molecule has 0 aromatic carbocycles. The maximum Gasteiger partial charge on any atom is 0.310 e. The standard InChI is InChI=1S/C4H6O3.CH4O2/c1-3(5)2-4(6)7;2-1-3/h2H2,1H3,(H,6,7);2-3H,1H2. The summed E-state index contributed by atoms with van der Waals surface area (Å²) in [6.07, 6.45) is -0.361. The third-order valence-corrected chi connectivity index (χ3v) is 0.400. The van der Waals surface area contributed by atoms with Gasteiger partial charge in [0, 0.05) is 0 Å². The molecular formula is C5H10O5. The second kappa shape index (κ2) is 8.06. The van der Waals surface area contributed by atoms with Crippen molar-refractivity contribution in [2.24, 2.45) is 0 Å². The molecule has 0 spiro atoms. The zero-order valence-electron chi connectivity index (χ0n) is 5.57. The molecule has 0 aromatic rings. The Balaban J connectivity index is 0. The van der Waals surface area contributed by atoms with Crippen molar-refractivity contribution in [2.75, 3.05) is 6.79 Å². The van der Waals surface area contributed by atoms with Gasteiger partial charge in [0.2, 0.25) is 0 Å². The molecule has 0 unspecified atom stereocenters. The normalized spacial score (nSPS) is 7.50. The van der Waals surface area contributed by atoms with Crippen molar-refractivity contribution in [1.29, 1.82) is 0 Å². The number of rotatable bonds is 2. The summed E-state index contributed by atoms with van der Waals surface area (Å²) in [5, 5.41) is 22.1. The van der Waals surface area contributed by atoms with Crippen molar-refractivity contribution < 1.29 is 24.9 Å². The maximum atomic E-state index is 9.87. The highest BCUT2D eigenvalue weighted by Crippen LogP contribution is 1.77. The van der Waals surface area contributed by atoms with Gasteiger partial charge < -0.3 is 15.3 Å². The van der Waals surface area contributed by atoms with Gasteiger partial charge in [-0.1, -0.05) is 0 Å². The quantitative estimate of drug-likeness (QED) is 0.346. The first kappa shape index (κ1) is 11.8. The molecule has 0 radical (unpaired) electrons. The van der Waals surface area contributed by atoms with Gasteiger partial charge in [-0.3, -0.25) is 9.59 Å². The number of carbonyl (C=O) groups excluding carboxylic acids is 1. The van der Waals surface area contributed by atoms with Gasteiger partial charge in [0.05, 0.1) is 0 Å². The fourth-order valence-electron chi connectivity index (χ4n) is 0.213. The van der Waals surface area contributed by atoms with E-state index in [1.54, 1.807) is 0 Å². The number of carbonyl (C=O) groups is 2. The van der Waals surface area contributed by atoms with Crippen LogP contribution < -0.4 is 0 Å². The number of Topliss-reactive ketones (excluding diaryl/α,β-unsaturated/α-hetero) is 1. The summed E-state index contributed by atoms with van der Waals surface area (Å²) in [4.78, 5) is 19.5. The van der Waals surface area contributed by atoms with Crippen LogP contribution in [-0.4, -0.2) is 33.9 Å². The summed E-state index contributed by atoms with van der Waals surface area (Å²) in [5.41, 5.74) is 0. The van der Waals surface area contributed by atoms with Crippen LogP contribution in [-0.2, 0) is 9.59 Å². The summed E-state index contributed by atoms with van der Waals surface area (Å²) in [7, 11) is 0. The molecule has 5 nitrogen and oxygen atoms in total. The minimum Gasteiger partial charge on any atom is -0.481 e. The smallest absolute Gasteiger partial charge is 0.310 e. The van der Waals surface area contributed by atoms with Crippen LogP contribution in [0.3, 0.4) is 0 Å². The molecule has 0 aliphatic rings. The monoisotopic (exact) mass is 150 g/mol. The fourth-order valence-corrected chi connectivity index (χ4v) is 0.213. The number of aliphatic carboxylic acids is 1. The molecule has 0 fully saturated rings. The first-order chi connectivity index (χ1) is 4.54. The number of aliphatic hydroxyl groups excluding tert-OH is 1. The fraction of sp³-hybridized carbons (Fsp3) is 0.600. The van der Waals surface area contributed by atoms with Gasteiger partial charge in [-0.15, -0.1) is 0 Å². The minimum absolute atomic E-state index is 0.312. The molecule has 0 aliphatic carbocycles. The Morgan fingerprint density at radius 2 is 1.60 bits per heavy atom. The molecule has 0 saturated heterocycles. The molecule has 10 heavy (non-hydrogen) atoms. The molecule has 0 aromatic heterocycles. The number of hydrogen-bond acceptors (Lipinski definition) is 4. The topological polar surface area (TPSA) is 94.8 Å². The third-order valence-electron chi connectivity index (χ3n) is 0.400. The highest BCUT2D eigenvalue weighted by atomic mass is 16.5. The number of aliphatic hydroxyl groups is 2. The summed E-state index contributed by atoms with van der Waals surface area (Å²) < 4.78 is 0. The largest absolute Gasteiger partial charge is 0.481 e. The van der Waals surface area contributed by atoms with Crippen LogP contribution in [0.1, 0.15) is 13.3 Å². The molecule has 3 N–H and O–H groups in total. The van der Waals surface area contributed by atoms with Gasteiger partial charge in [-0.25, -0.2) is 0 Å². The van der Waals surface area contributed by atoms with Crippen LogP contribution in [0.4, 0.5) is 0 Å². The van der Waals surface area contributed by atoms with Crippen molar-refractivity contribution in [1.82, 2.24) is 0 Å². The van der Waals surface area contributed by atoms with Gasteiger partial charge in [0.25, 0.3) is 0 Å². The van der Waals surface area contributed by atoms with Gasteiger partial charge in [-0.05, 0) is 6.92 Å². The average Bonchev–Trinajstić information content (AvgIpc) is 1.62. The lowest BCUT2D eigenvalue weighted by Crippen LogP contribution is -2.00. The molecule has 0 heterocycles. The molecule has 0 amide bonds. The van der Waals surface area contributed by atoms with Crippen LogP contribution in [0.2, 0.25) is 0 Å². The molecule has 60 valence electrons. The van der Waals surface area contributed by atoms with Crippen molar-refractivity contribution in [2.45, 2.75) is 13.3 Å². The van der Waals surface area contributed by atoms with E-state index >= 15 is 0 Å². The van der Waals surface area contributed by atoms with E-state index in [0.717, 1.165) is 0 Å². The first-order valence-corrected chi connectivity index (χ1v) is 2.47. The zero-order valence-corrected chi connectivity index (χ0v) is 5.57. The van der Waals surface area contributed by atoms with E-state index in [2.05, 4.69) is 0 Å². The van der Waals surface area contributed by atoms with Gasteiger partial charge in [0.1, 0.15) is 19.0 Å². The van der Waals surface area contributed by atoms with Crippen LogP contribution in [0.25, 0.3) is 0 Å². The number of carboxylic acids is 1. The van der Waals surface area contributed by atoms with Crippen LogP contribution in [0.5, 0.6) is 0 Å². The van der Waals surface area contributed by atoms with Crippen LogP contribution >= 0.6 is 0 Å². The molecule has 5 heteroatoms. The maximum absolute atomic E-state index is 9.87. The molecule has 0 saturated carbocycles. The Bertz CT molecular complexity index is 96.6. The highest BCUT2D eigenvalue weighted by Gasteiger charge is 1.98. The van der Waals surface area contributed by atoms with Crippen molar-refractivity contribution in [3.8, 4) is 0 Å². The Morgan fingerprint density at radius 3 is 1.60 bits per heavy atom. The minimum atomic E-state index is -1.06. The molecule has 0 atom stereocenters. The lowest BCUT2D eigenvalue weighted by molar-refractivity contribution is -0.139. The van der Waals surface area contributed by atoms with E-state index in [4.69, 9.17) is 15.3 Å². The summed E-state index contributed by atoms with van der Waals surface area (Å²) >= 11 is 0. The van der Waals surface area contributed by atoms with Crippen molar-refractivity contribution in [3.63, 3.8) is 0 Å². The molecular weight excluding hydrogens is 140 g/mol. The molecule has 0 bridgehead atoms. The van der Waals surface area contributed by atoms with Gasteiger partial charge >= 0.3 is 5.97 Å². The summed E-state index contributed by atoms with van der Waals surface area (Å²) in [5.74, 6) is -1.37. The van der Waals surface area contributed by atoms with Crippen molar-refractivity contribution >= 4 is 11.8 Å². The van der Waals surface area contributed by atoms with E-state index < -0.39 is 12.8 Å². The van der Waals surface area contributed by atoms with Crippen LogP contribution in [0.15, 0.2) is 0 Å². The van der Waals surface area contributed by atoms with E-state index in [-0.39, 0.29) is 12.2 Å². The third kappa shape index (κ3) is 27.7. The summed E-state index contributed by atoms with van der Waals surface area (Å²) in [6.45, 7) is 0.494. The van der Waals surface area contributed by atoms with Gasteiger partial charge in [-0.2, -0.15) is 0 Å². The van der Waals surface area contributed by atoms with Crippen LogP contribution in [0, 0.1) is 0 Å². The van der Waals surface area contributed by atoms with Crippen molar-refractivity contribution in [3.05, 3.63) is 0 Å². The van der Waals surface area contributed by atoms with E-state index in [1.807, 2.05) is 0 Å². The lowest BCUT2D eigenvalue weighted by Gasteiger charge is -1.80. The second-order valence-corrected chi connectivity index (χ2v) is 1.41. The molecule has 0 rings (SSSR count). The average molecular weight is 150 g/mol. The Kier molecular flexibility index (Phi) is 9.52. The number of ketones is 1. The zero-order chi connectivity index (χ0) is 8.57.